The summed E-state index contributed by atoms with van der Waals surface area (Å²) in [5.41, 5.74) is 5.82. The van der Waals surface area contributed by atoms with E-state index in [0.29, 0.717) is 0 Å². The van der Waals surface area contributed by atoms with Gasteiger partial charge < -0.3 is 4.90 Å². The van der Waals surface area contributed by atoms with Crippen molar-refractivity contribution in [2.75, 3.05) is 4.90 Å². The highest BCUT2D eigenvalue weighted by atomic mass is 15.1. The number of benzene rings is 8. The predicted molar refractivity (Wildman–Crippen MR) is 177 cm³/mol. The summed E-state index contributed by atoms with van der Waals surface area (Å²) >= 11 is 0. The summed E-state index contributed by atoms with van der Waals surface area (Å²) in [4.78, 5) is 2.40. The van der Waals surface area contributed by atoms with E-state index in [4.69, 9.17) is 0 Å². The zero-order valence-electron chi connectivity index (χ0n) is 22.5. The lowest BCUT2D eigenvalue weighted by Crippen LogP contribution is -2.11. The Morgan fingerprint density at radius 3 is 1.76 bits per heavy atom. The Kier molecular flexibility index (Phi) is 5.53. The molecule has 8 rings (SSSR count). The maximum atomic E-state index is 2.40. The van der Waals surface area contributed by atoms with Crippen LogP contribution in [0.4, 0.5) is 17.1 Å². The molecule has 0 aliphatic heterocycles. The quantitative estimate of drug-likeness (QED) is 0.208. The fourth-order valence-electron chi connectivity index (χ4n) is 6.24. The van der Waals surface area contributed by atoms with Gasteiger partial charge in [-0.3, -0.25) is 0 Å². The molecule has 0 amide bonds. The van der Waals surface area contributed by atoms with Crippen molar-refractivity contribution in [2.45, 2.75) is 0 Å². The number of hydrogen-bond acceptors (Lipinski definition) is 1. The molecule has 0 heterocycles. The van der Waals surface area contributed by atoms with Gasteiger partial charge in [0.15, 0.2) is 0 Å². The average molecular weight is 522 g/mol. The van der Waals surface area contributed by atoms with E-state index >= 15 is 0 Å². The molecule has 192 valence electrons. The predicted octanol–water partition coefficient (Wildman–Crippen LogP) is 11.4. The zero-order chi connectivity index (χ0) is 27.2. The fraction of sp³-hybridized carbons (Fsp3) is 0. The number of hydrogen-bond donors (Lipinski definition) is 0. The Morgan fingerprint density at radius 2 is 0.902 bits per heavy atom. The molecule has 0 fully saturated rings. The number of nitrogens with zero attached hydrogens (tertiary/aromatic N) is 1. The first-order valence-corrected chi connectivity index (χ1v) is 14.1. The SMILES string of the molecule is c1ccc(-c2ccccc2N(c2ccc3ccccc3c2)c2ccc3c(ccc4ccc5ccccc5c43)c2)cc1. The van der Waals surface area contributed by atoms with Crippen LogP contribution in [0.15, 0.2) is 164 Å². The molecule has 8 aromatic rings. The summed E-state index contributed by atoms with van der Waals surface area (Å²) in [6, 6.07) is 59.3. The van der Waals surface area contributed by atoms with Crippen LogP contribution in [0.25, 0.3) is 54.2 Å². The number of rotatable bonds is 4. The van der Waals surface area contributed by atoms with Gasteiger partial charge in [0.25, 0.3) is 0 Å². The smallest absolute Gasteiger partial charge is 0.0540 e. The van der Waals surface area contributed by atoms with Gasteiger partial charge in [-0.25, -0.2) is 0 Å². The van der Waals surface area contributed by atoms with Gasteiger partial charge >= 0.3 is 0 Å². The van der Waals surface area contributed by atoms with E-state index in [1.807, 2.05) is 0 Å². The highest BCUT2D eigenvalue weighted by Crippen LogP contribution is 2.43. The van der Waals surface area contributed by atoms with E-state index in [-0.39, 0.29) is 0 Å². The summed E-state index contributed by atoms with van der Waals surface area (Å²) in [6.45, 7) is 0. The topological polar surface area (TPSA) is 3.24 Å². The summed E-state index contributed by atoms with van der Waals surface area (Å²) in [6.07, 6.45) is 0. The Balaban J connectivity index is 1.39. The fourth-order valence-corrected chi connectivity index (χ4v) is 6.24. The van der Waals surface area contributed by atoms with Gasteiger partial charge in [0.1, 0.15) is 0 Å². The van der Waals surface area contributed by atoms with Crippen molar-refractivity contribution >= 4 is 60.2 Å². The minimum atomic E-state index is 1.13. The minimum Gasteiger partial charge on any atom is -0.310 e. The first kappa shape index (κ1) is 23.5. The van der Waals surface area contributed by atoms with Gasteiger partial charge in [-0.05, 0) is 79.0 Å². The molecule has 0 bridgehead atoms. The molecule has 8 aromatic carbocycles. The van der Waals surface area contributed by atoms with Gasteiger partial charge in [-0.15, -0.1) is 0 Å². The largest absolute Gasteiger partial charge is 0.310 e. The van der Waals surface area contributed by atoms with Gasteiger partial charge in [0.2, 0.25) is 0 Å². The Morgan fingerprint density at radius 1 is 0.341 bits per heavy atom. The number of anilines is 3. The second kappa shape index (κ2) is 9.66. The molecule has 0 N–H and O–H groups in total. The van der Waals surface area contributed by atoms with Gasteiger partial charge in [-0.2, -0.15) is 0 Å². The number of fused-ring (bicyclic) bond motifs is 6. The van der Waals surface area contributed by atoms with Crippen LogP contribution in [0.5, 0.6) is 0 Å². The van der Waals surface area contributed by atoms with Crippen LogP contribution in [0.1, 0.15) is 0 Å². The van der Waals surface area contributed by atoms with Crippen LogP contribution < -0.4 is 4.90 Å². The lowest BCUT2D eigenvalue weighted by molar-refractivity contribution is 1.29. The van der Waals surface area contributed by atoms with E-state index in [1.165, 1.54) is 54.2 Å². The highest BCUT2D eigenvalue weighted by Gasteiger charge is 2.18. The Bertz CT molecular complexity index is 2210. The molecule has 0 aliphatic rings. The molecule has 0 saturated carbocycles. The third-order valence-electron chi connectivity index (χ3n) is 8.19. The molecule has 0 aliphatic carbocycles. The average Bonchev–Trinajstić information content (AvgIpc) is 3.05. The second-order valence-corrected chi connectivity index (χ2v) is 10.6. The first-order chi connectivity index (χ1) is 20.3. The van der Waals surface area contributed by atoms with Gasteiger partial charge in [0, 0.05) is 16.9 Å². The standard InChI is InChI=1S/C40H27N/c1-2-11-29(12-3-1)36-15-8-9-17-39(36)41(34-23-22-28-10-4-5-14-32(28)26-34)35-24-25-38-33(27-35)21-20-31-19-18-30-13-6-7-16-37(30)40(31)38/h1-27H. The van der Waals surface area contributed by atoms with E-state index in [9.17, 15) is 0 Å². The van der Waals surface area contributed by atoms with E-state index in [1.54, 1.807) is 0 Å². The van der Waals surface area contributed by atoms with Crippen molar-refractivity contribution in [3.8, 4) is 11.1 Å². The van der Waals surface area contributed by atoms with Crippen molar-refractivity contribution in [1.82, 2.24) is 0 Å². The van der Waals surface area contributed by atoms with Crippen LogP contribution in [0.3, 0.4) is 0 Å². The van der Waals surface area contributed by atoms with E-state index in [2.05, 4.69) is 169 Å². The molecular formula is C40H27N. The maximum Gasteiger partial charge on any atom is 0.0540 e. The zero-order valence-corrected chi connectivity index (χ0v) is 22.5. The normalized spacial score (nSPS) is 11.4. The van der Waals surface area contributed by atoms with Crippen molar-refractivity contribution in [3.05, 3.63) is 164 Å². The third-order valence-corrected chi connectivity index (χ3v) is 8.19. The molecule has 0 aromatic heterocycles. The molecule has 0 spiro atoms. The summed E-state index contributed by atoms with van der Waals surface area (Å²) in [7, 11) is 0. The van der Waals surface area contributed by atoms with Crippen molar-refractivity contribution in [3.63, 3.8) is 0 Å². The maximum absolute atomic E-state index is 2.40. The van der Waals surface area contributed by atoms with E-state index in [0.717, 1.165) is 17.1 Å². The molecule has 1 heteroatoms. The van der Waals surface area contributed by atoms with Gasteiger partial charge in [0.05, 0.1) is 5.69 Å². The molecular weight excluding hydrogens is 494 g/mol. The van der Waals surface area contributed by atoms with Crippen LogP contribution >= 0.6 is 0 Å². The van der Waals surface area contributed by atoms with Crippen LogP contribution in [0, 0.1) is 0 Å². The molecule has 41 heavy (non-hydrogen) atoms. The van der Waals surface area contributed by atoms with Crippen molar-refractivity contribution < 1.29 is 0 Å². The first-order valence-electron chi connectivity index (χ1n) is 14.1. The summed E-state index contributed by atoms with van der Waals surface area (Å²) in [5, 5.41) is 10.1. The monoisotopic (exact) mass is 521 g/mol. The lowest BCUT2D eigenvalue weighted by atomic mass is 9.95. The third kappa shape index (κ3) is 4.02. The van der Waals surface area contributed by atoms with Crippen molar-refractivity contribution in [1.29, 1.82) is 0 Å². The number of para-hydroxylation sites is 1. The molecule has 0 saturated heterocycles. The molecule has 0 radical (unpaired) electrons. The van der Waals surface area contributed by atoms with E-state index < -0.39 is 0 Å². The summed E-state index contributed by atoms with van der Waals surface area (Å²) < 4.78 is 0. The molecule has 1 nitrogen and oxygen atoms in total. The van der Waals surface area contributed by atoms with Crippen LogP contribution in [-0.2, 0) is 0 Å². The minimum absolute atomic E-state index is 1.13. The summed E-state index contributed by atoms with van der Waals surface area (Å²) in [5.74, 6) is 0. The Hall–Kier alpha value is -5.40. The molecule has 0 unspecified atom stereocenters. The highest BCUT2D eigenvalue weighted by molar-refractivity contribution is 6.20. The Labute approximate surface area is 239 Å². The lowest BCUT2D eigenvalue weighted by Gasteiger charge is -2.28. The van der Waals surface area contributed by atoms with Crippen molar-refractivity contribution in [2.24, 2.45) is 0 Å². The molecule has 0 atom stereocenters. The second-order valence-electron chi connectivity index (χ2n) is 10.6. The van der Waals surface area contributed by atoms with Crippen LogP contribution in [-0.4, -0.2) is 0 Å². The van der Waals surface area contributed by atoms with Gasteiger partial charge in [-0.1, -0.05) is 133 Å². The van der Waals surface area contributed by atoms with Crippen LogP contribution in [0.2, 0.25) is 0 Å².